The number of rotatable bonds is 2. The van der Waals surface area contributed by atoms with Crippen molar-refractivity contribution in [2.45, 2.75) is 0 Å². The van der Waals surface area contributed by atoms with Crippen LogP contribution in [0.5, 0.6) is 11.5 Å². The molecule has 0 fully saturated rings. The van der Waals surface area contributed by atoms with Crippen molar-refractivity contribution in [1.29, 1.82) is 0 Å². The maximum absolute atomic E-state index is 10.9. The van der Waals surface area contributed by atoms with Gasteiger partial charge in [-0.15, -0.1) is 0 Å². The number of anilines is 1. The Morgan fingerprint density at radius 3 is 2.38 bits per heavy atom. The molecule has 0 bridgehead atoms. The Labute approximate surface area is 101 Å². The van der Waals surface area contributed by atoms with Crippen molar-refractivity contribution in [3.8, 4) is 11.5 Å². The van der Waals surface area contributed by atoms with Gasteiger partial charge in [-0.05, 0) is 15.9 Å². The van der Waals surface area contributed by atoms with Gasteiger partial charge in [0.1, 0.15) is 13.2 Å². The highest BCUT2D eigenvalue weighted by atomic mass is 79.9. The van der Waals surface area contributed by atoms with Crippen LogP contribution in [0.2, 0.25) is 0 Å². The SMILES string of the molecule is NS(=O)(=O)Nc1cc2c(cc1Br)OCCO2. The van der Waals surface area contributed by atoms with Crippen LogP contribution in [0, 0.1) is 0 Å². The summed E-state index contributed by atoms with van der Waals surface area (Å²) < 4.78 is 35.1. The summed E-state index contributed by atoms with van der Waals surface area (Å²) in [4.78, 5) is 0. The third-order valence-corrected chi connectivity index (χ3v) is 3.04. The highest BCUT2D eigenvalue weighted by molar-refractivity contribution is 9.10. The van der Waals surface area contributed by atoms with Crippen molar-refractivity contribution in [1.82, 2.24) is 0 Å². The van der Waals surface area contributed by atoms with E-state index in [1.54, 1.807) is 6.07 Å². The maximum Gasteiger partial charge on any atom is 0.296 e. The van der Waals surface area contributed by atoms with Crippen molar-refractivity contribution >= 4 is 31.8 Å². The van der Waals surface area contributed by atoms with Gasteiger partial charge in [-0.2, -0.15) is 8.42 Å². The molecule has 1 heterocycles. The number of hydrogen-bond acceptors (Lipinski definition) is 4. The first-order valence-electron chi connectivity index (χ1n) is 4.35. The fourth-order valence-corrected chi connectivity index (χ4v) is 2.32. The fourth-order valence-electron chi connectivity index (χ4n) is 1.30. The second-order valence-corrected chi connectivity index (χ2v) is 5.27. The van der Waals surface area contributed by atoms with Gasteiger partial charge >= 0.3 is 0 Å². The Morgan fingerprint density at radius 2 is 1.81 bits per heavy atom. The molecular weight excluding hydrogens is 300 g/mol. The zero-order valence-corrected chi connectivity index (χ0v) is 10.5. The molecule has 1 aliphatic heterocycles. The van der Waals surface area contributed by atoms with E-state index in [0.717, 1.165) is 0 Å². The molecule has 6 nitrogen and oxygen atoms in total. The lowest BCUT2D eigenvalue weighted by Gasteiger charge is -2.19. The van der Waals surface area contributed by atoms with Crippen LogP contribution >= 0.6 is 15.9 Å². The zero-order chi connectivity index (χ0) is 11.8. The molecule has 1 aromatic carbocycles. The minimum absolute atomic E-state index is 0.312. The van der Waals surface area contributed by atoms with E-state index in [1.165, 1.54) is 6.07 Å². The summed E-state index contributed by atoms with van der Waals surface area (Å²) in [5, 5.41) is 4.88. The summed E-state index contributed by atoms with van der Waals surface area (Å²) in [5.41, 5.74) is 0.312. The van der Waals surface area contributed by atoms with E-state index in [0.29, 0.717) is 34.9 Å². The van der Waals surface area contributed by atoms with Crippen molar-refractivity contribution in [2.75, 3.05) is 17.9 Å². The van der Waals surface area contributed by atoms with Gasteiger partial charge in [0.2, 0.25) is 0 Å². The summed E-state index contributed by atoms with van der Waals surface area (Å²) in [5.74, 6) is 1.05. The summed E-state index contributed by atoms with van der Waals surface area (Å²) >= 11 is 3.21. The third kappa shape index (κ3) is 2.57. The molecule has 16 heavy (non-hydrogen) atoms. The first kappa shape index (κ1) is 11.5. The molecule has 0 atom stereocenters. The van der Waals surface area contributed by atoms with Gasteiger partial charge in [-0.1, -0.05) is 0 Å². The first-order chi connectivity index (χ1) is 7.46. The molecule has 0 unspecified atom stereocenters. The first-order valence-corrected chi connectivity index (χ1v) is 6.69. The Kier molecular flexibility index (Phi) is 2.96. The summed E-state index contributed by atoms with van der Waals surface area (Å²) in [6.07, 6.45) is 0. The van der Waals surface area contributed by atoms with Gasteiger partial charge in [0.15, 0.2) is 11.5 Å². The van der Waals surface area contributed by atoms with Crippen molar-refractivity contribution < 1.29 is 17.9 Å². The predicted molar refractivity (Wildman–Crippen MR) is 61.9 cm³/mol. The van der Waals surface area contributed by atoms with Crippen LogP contribution in [0.3, 0.4) is 0 Å². The molecular formula is C8H9BrN2O4S. The Hall–Kier alpha value is -0.990. The minimum atomic E-state index is -3.80. The normalized spacial score (nSPS) is 14.6. The average Bonchev–Trinajstić information content (AvgIpc) is 2.17. The van der Waals surface area contributed by atoms with Gasteiger partial charge in [0, 0.05) is 16.6 Å². The third-order valence-electron chi connectivity index (χ3n) is 1.88. The van der Waals surface area contributed by atoms with E-state index in [4.69, 9.17) is 14.6 Å². The van der Waals surface area contributed by atoms with Crippen molar-refractivity contribution in [3.05, 3.63) is 16.6 Å². The highest BCUT2D eigenvalue weighted by Gasteiger charge is 2.16. The van der Waals surface area contributed by atoms with Gasteiger partial charge in [0.05, 0.1) is 5.69 Å². The fraction of sp³-hybridized carbons (Fsp3) is 0.250. The molecule has 1 aliphatic rings. The molecule has 0 radical (unpaired) electrons. The van der Waals surface area contributed by atoms with E-state index in [1.807, 2.05) is 0 Å². The summed E-state index contributed by atoms with van der Waals surface area (Å²) in [6, 6.07) is 3.14. The number of benzene rings is 1. The van der Waals surface area contributed by atoms with Gasteiger partial charge in [0.25, 0.3) is 10.2 Å². The predicted octanol–water partition coefficient (Wildman–Crippen LogP) is 0.836. The quantitative estimate of drug-likeness (QED) is 0.847. The Bertz CT molecular complexity index is 517. The molecule has 88 valence electrons. The molecule has 3 N–H and O–H groups in total. The van der Waals surface area contributed by atoms with Crippen LogP contribution in [0.1, 0.15) is 0 Å². The van der Waals surface area contributed by atoms with Crippen LogP contribution in [0.25, 0.3) is 0 Å². The minimum Gasteiger partial charge on any atom is -0.486 e. The Morgan fingerprint density at radius 1 is 1.25 bits per heavy atom. The lowest BCUT2D eigenvalue weighted by molar-refractivity contribution is 0.171. The van der Waals surface area contributed by atoms with Crippen molar-refractivity contribution in [3.63, 3.8) is 0 Å². The maximum atomic E-state index is 10.9. The van der Waals surface area contributed by atoms with Crippen LogP contribution in [0.4, 0.5) is 5.69 Å². The van der Waals surface area contributed by atoms with Gasteiger partial charge in [-0.25, -0.2) is 5.14 Å². The van der Waals surface area contributed by atoms with E-state index in [2.05, 4.69) is 20.7 Å². The van der Waals surface area contributed by atoms with Crippen LogP contribution in [0.15, 0.2) is 16.6 Å². The second-order valence-electron chi connectivity index (χ2n) is 3.12. The molecule has 0 aliphatic carbocycles. The molecule has 2 rings (SSSR count). The number of halogens is 1. The molecule has 0 amide bonds. The molecule has 0 spiro atoms. The number of nitrogens with two attached hydrogens (primary N) is 1. The second kappa shape index (κ2) is 4.11. The standard InChI is InChI=1S/C8H9BrN2O4S/c9-5-3-7-8(15-2-1-14-7)4-6(5)11-16(10,12)13/h3-4,11H,1-2H2,(H2,10,12,13). The van der Waals surface area contributed by atoms with Crippen LogP contribution in [-0.4, -0.2) is 21.6 Å². The molecule has 0 aromatic heterocycles. The monoisotopic (exact) mass is 308 g/mol. The lowest BCUT2D eigenvalue weighted by atomic mass is 10.2. The van der Waals surface area contributed by atoms with E-state index < -0.39 is 10.2 Å². The lowest BCUT2D eigenvalue weighted by Crippen LogP contribution is -2.22. The zero-order valence-electron chi connectivity index (χ0n) is 8.07. The van der Waals surface area contributed by atoms with Gasteiger partial charge < -0.3 is 9.47 Å². The number of hydrogen-bond donors (Lipinski definition) is 2. The number of fused-ring (bicyclic) bond motifs is 1. The van der Waals surface area contributed by atoms with E-state index in [-0.39, 0.29) is 0 Å². The van der Waals surface area contributed by atoms with E-state index >= 15 is 0 Å². The Balaban J connectivity index is 2.40. The number of nitrogens with one attached hydrogen (secondary N) is 1. The van der Waals surface area contributed by atoms with Gasteiger partial charge in [-0.3, -0.25) is 4.72 Å². The van der Waals surface area contributed by atoms with Crippen LogP contribution in [-0.2, 0) is 10.2 Å². The molecule has 0 saturated carbocycles. The smallest absolute Gasteiger partial charge is 0.296 e. The topological polar surface area (TPSA) is 90.7 Å². The molecule has 8 heteroatoms. The van der Waals surface area contributed by atoms with E-state index in [9.17, 15) is 8.42 Å². The highest BCUT2D eigenvalue weighted by Crippen LogP contribution is 2.38. The number of ether oxygens (including phenoxy) is 2. The molecule has 0 saturated heterocycles. The average molecular weight is 309 g/mol. The molecule has 1 aromatic rings. The summed E-state index contributed by atoms with van der Waals surface area (Å²) in [6.45, 7) is 0.908. The van der Waals surface area contributed by atoms with Crippen LogP contribution < -0.4 is 19.3 Å². The van der Waals surface area contributed by atoms with Crippen molar-refractivity contribution in [2.24, 2.45) is 5.14 Å². The largest absolute Gasteiger partial charge is 0.486 e. The summed E-state index contributed by atoms with van der Waals surface area (Å²) in [7, 11) is -3.80.